The molecule has 0 spiro atoms. The molecule has 9 nitrogen and oxygen atoms in total. The standard InChI is InChI=1S/C26H41NO4.C2H2O4/c1-24-9-6-19(30-13-3-12-27)15-18(24)4-5-22-21(24)7-10-25(2)20(8-11-26(22,25)29)17-14-23(28)31-16-17;3-1(4)2(5)6/h14,18-22,29H,3-13,15-16,27H2,1-2H3;(H,3,4)(H,5,6)/t18-,19+,20-,21+,22-,24+,25-,26+;/m1./s1. The SMILES string of the molecule is C[C@]12CC[C@H](OCCCN)C[C@H]1CC[C@@H]1[C@@H]2CC[C@]2(C)[C@@H](C3=CC(=O)OC3)CC[C@]12O.O=C(O)C(=O)O. The number of hydrogen-bond donors (Lipinski definition) is 4. The van der Waals surface area contributed by atoms with Gasteiger partial charge in [-0.3, -0.25) is 0 Å². The molecule has 5 N–H and O–H groups in total. The number of esters is 1. The summed E-state index contributed by atoms with van der Waals surface area (Å²) in [5, 5.41) is 27.1. The number of hydrogen-bond acceptors (Lipinski definition) is 7. The van der Waals surface area contributed by atoms with Crippen LogP contribution in [0.15, 0.2) is 11.6 Å². The number of carbonyl (C=O) groups excluding carboxylic acids is 1. The lowest BCUT2D eigenvalue weighted by atomic mass is 9.43. The number of carboxylic acids is 2. The van der Waals surface area contributed by atoms with E-state index in [-0.39, 0.29) is 17.3 Å². The van der Waals surface area contributed by atoms with Crippen molar-refractivity contribution >= 4 is 17.9 Å². The van der Waals surface area contributed by atoms with Crippen molar-refractivity contribution in [3.63, 3.8) is 0 Å². The van der Waals surface area contributed by atoms with Crippen molar-refractivity contribution in [2.45, 2.75) is 89.8 Å². The van der Waals surface area contributed by atoms with Crippen LogP contribution in [0, 0.1) is 34.5 Å². The van der Waals surface area contributed by atoms with Gasteiger partial charge in [-0.2, -0.15) is 0 Å². The van der Waals surface area contributed by atoms with E-state index in [1.807, 2.05) is 0 Å². The number of ether oxygens (including phenoxy) is 2. The Labute approximate surface area is 218 Å². The molecule has 0 unspecified atom stereocenters. The van der Waals surface area contributed by atoms with Crippen LogP contribution in [-0.4, -0.2) is 64.7 Å². The van der Waals surface area contributed by atoms with Crippen molar-refractivity contribution in [1.82, 2.24) is 0 Å². The second-order valence-electron chi connectivity index (χ2n) is 12.3. The normalized spacial score (nSPS) is 42.3. The molecule has 0 amide bonds. The first-order valence-electron chi connectivity index (χ1n) is 13.8. The van der Waals surface area contributed by atoms with Gasteiger partial charge in [-0.05, 0) is 105 Å². The third-order valence-electron chi connectivity index (χ3n) is 10.8. The fourth-order valence-corrected chi connectivity index (χ4v) is 8.86. The summed E-state index contributed by atoms with van der Waals surface area (Å²) in [6.45, 7) is 6.75. The van der Waals surface area contributed by atoms with E-state index < -0.39 is 17.5 Å². The first-order valence-corrected chi connectivity index (χ1v) is 13.8. The van der Waals surface area contributed by atoms with E-state index in [0.29, 0.717) is 42.4 Å². The highest BCUT2D eigenvalue weighted by molar-refractivity contribution is 6.27. The van der Waals surface area contributed by atoms with Crippen LogP contribution in [0.2, 0.25) is 0 Å². The van der Waals surface area contributed by atoms with Gasteiger partial charge in [-0.25, -0.2) is 14.4 Å². The zero-order valence-corrected chi connectivity index (χ0v) is 22.1. The highest BCUT2D eigenvalue weighted by Crippen LogP contribution is 2.70. The van der Waals surface area contributed by atoms with Gasteiger partial charge in [0.15, 0.2) is 0 Å². The maximum atomic E-state index is 12.3. The van der Waals surface area contributed by atoms with Gasteiger partial charge < -0.3 is 30.5 Å². The Bertz CT molecular complexity index is 923. The van der Waals surface area contributed by atoms with Crippen molar-refractivity contribution in [2.75, 3.05) is 19.8 Å². The smallest absolute Gasteiger partial charge is 0.414 e. The van der Waals surface area contributed by atoms with Crippen LogP contribution < -0.4 is 5.73 Å². The van der Waals surface area contributed by atoms with E-state index in [4.69, 9.17) is 35.0 Å². The summed E-state index contributed by atoms with van der Waals surface area (Å²) < 4.78 is 11.4. The van der Waals surface area contributed by atoms with Crippen molar-refractivity contribution in [3.8, 4) is 0 Å². The molecule has 0 aromatic carbocycles. The third kappa shape index (κ3) is 4.94. The van der Waals surface area contributed by atoms with Crippen LogP contribution in [0.4, 0.5) is 0 Å². The second kappa shape index (κ2) is 10.7. The Morgan fingerprint density at radius 3 is 2.41 bits per heavy atom. The van der Waals surface area contributed by atoms with Crippen LogP contribution in [0.1, 0.15) is 78.1 Å². The molecular formula is C28H43NO8. The number of rotatable bonds is 5. The second-order valence-corrected chi connectivity index (χ2v) is 12.3. The minimum atomic E-state index is -1.82. The predicted octanol–water partition coefficient (Wildman–Crippen LogP) is 3.13. The summed E-state index contributed by atoms with van der Waals surface area (Å²) in [6.07, 6.45) is 13.0. The van der Waals surface area contributed by atoms with Gasteiger partial charge in [0.1, 0.15) is 6.61 Å². The summed E-state index contributed by atoms with van der Waals surface area (Å²) in [5.41, 5.74) is 6.32. The maximum Gasteiger partial charge on any atom is 0.414 e. The van der Waals surface area contributed by atoms with E-state index in [9.17, 15) is 9.90 Å². The number of aliphatic hydroxyl groups is 1. The quantitative estimate of drug-likeness (QED) is 0.242. The van der Waals surface area contributed by atoms with Gasteiger partial charge in [-0.15, -0.1) is 0 Å². The number of aliphatic carboxylic acids is 2. The van der Waals surface area contributed by atoms with Gasteiger partial charge >= 0.3 is 17.9 Å². The average molecular weight is 522 g/mol. The third-order valence-corrected chi connectivity index (χ3v) is 10.8. The molecule has 1 heterocycles. The monoisotopic (exact) mass is 521 g/mol. The van der Waals surface area contributed by atoms with Gasteiger partial charge in [-0.1, -0.05) is 13.8 Å². The molecule has 0 bridgehead atoms. The first kappa shape index (κ1) is 28.0. The van der Waals surface area contributed by atoms with Crippen LogP contribution >= 0.6 is 0 Å². The topological polar surface area (TPSA) is 156 Å². The number of nitrogens with two attached hydrogens (primary N) is 1. The van der Waals surface area contributed by atoms with Crippen LogP contribution in [-0.2, 0) is 23.9 Å². The molecule has 5 aliphatic rings. The molecule has 0 radical (unpaired) electrons. The van der Waals surface area contributed by atoms with Gasteiger partial charge in [0.2, 0.25) is 0 Å². The van der Waals surface area contributed by atoms with Crippen molar-refractivity contribution < 1.29 is 39.2 Å². The first-order chi connectivity index (χ1) is 17.5. The van der Waals surface area contributed by atoms with Crippen molar-refractivity contribution in [3.05, 3.63) is 11.6 Å². The number of carboxylic acid groups (broad SMARTS) is 2. The molecule has 208 valence electrons. The lowest BCUT2D eigenvalue weighted by Gasteiger charge is -2.63. The van der Waals surface area contributed by atoms with E-state index in [1.54, 1.807) is 6.08 Å². The fraction of sp³-hybridized carbons (Fsp3) is 0.821. The minimum Gasteiger partial charge on any atom is -0.473 e. The Kier molecular flexibility index (Phi) is 8.08. The Hall–Kier alpha value is -1.97. The Morgan fingerprint density at radius 1 is 1.05 bits per heavy atom. The predicted molar refractivity (Wildman–Crippen MR) is 134 cm³/mol. The van der Waals surface area contributed by atoms with E-state index in [0.717, 1.165) is 50.7 Å². The largest absolute Gasteiger partial charge is 0.473 e. The summed E-state index contributed by atoms with van der Waals surface area (Å²) in [5.74, 6) is -1.89. The summed E-state index contributed by atoms with van der Waals surface area (Å²) in [6, 6.07) is 0. The zero-order chi connectivity index (χ0) is 27.0. The molecule has 37 heavy (non-hydrogen) atoms. The lowest BCUT2D eigenvalue weighted by molar-refractivity contribution is -0.209. The molecule has 4 aliphatic carbocycles. The molecule has 4 fully saturated rings. The van der Waals surface area contributed by atoms with E-state index in [2.05, 4.69) is 13.8 Å². The summed E-state index contributed by atoms with van der Waals surface area (Å²) in [7, 11) is 0. The van der Waals surface area contributed by atoms with E-state index in [1.165, 1.54) is 25.7 Å². The van der Waals surface area contributed by atoms with Crippen LogP contribution in [0.3, 0.4) is 0 Å². The van der Waals surface area contributed by atoms with Crippen LogP contribution in [0.25, 0.3) is 0 Å². The number of carbonyl (C=O) groups is 3. The molecule has 0 aromatic heterocycles. The van der Waals surface area contributed by atoms with Gasteiger partial charge in [0.05, 0.1) is 11.7 Å². The maximum absolute atomic E-state index is 12.3. The minimum absolute atomic E-state index is 0.139. The summed E-state index contributed by atoms with van der Waals surface area (Å²) in [4.78, 5) is 29.9. The fourth-order valence-electron chi connectivity index (χ4n) is 8.86. The van der Waals surface area contributed by atoms with Crippen molar-refractivity contribution in [2.24, 2.45) is 40.2 Å². The molecule has 8 atom stereocenters. The van der Waals surface area contributed by atoms with E-state index >= 15 is 0 Å². The highest BCUT2D eigenvalue weighted by atomic mass is 16.5. The molecule has 0 saturated heterocycles. The molecular weight excluding hydrogens is 478 g/mol. The Morgan fingerprint density at radius 2 is 1.78 bits per heavy atom. The highest BCUT2D eigenvalue weighted by Gasteiger charge is 2.67. The van der Waals surface area contributed by atoms with Crippen LogP contribution in [0.5, 0.6) is 0 Å². The molecule has 1 aliphatic heterocycles. The average Bonchev–Trinajstić information content (AvgIpc) is 3.39. The molecule has 4 saturated carbocycles. The molecule has 9 heteroatoms. The number of fused-ring (bicyclic) bond motifs is 5. The number of cyclic esters (lactones) is 1. The lowest BCUT2D eigenvalue weighted by Crippen LogP contribution is -2.62. The molecule has 5 rings (SSSR count). The zero-order valence-electron chi connectivity index (χ0n) is 22.1. The van der Waals surface area contributed by atoms with Gasteiger partial charge in [0.25, 0.3) is 0 Å². The molecule has 0 aromatic rings. The van der Waals surface area contributed by atoms with Gasteiger partial charge in [0, 0.05) is 18.1 Å². The Balaban J connectivity index is 0.000000480. The van der Waals surface area contributed by atoms with Crippen molar-refractivity contribution in [1.29, 1.82) is 0 Å². The summed E-state index contributed by atoms with van der Waals surface area (Å²) >= 11 is 0.